The highest BCUT2D eigenvalue weighted by atomic mass is 16.3. The lowest BCUT2D eigenvalue weighted by atomic mass is 10.0. The molecule has 0 radical (unpaired) electrons. The number of nitrogens with one attached hydrogen (secondary N) is 1. The van der Waals surface area contributed by atoms with Crippen LogP contribution in [0.3, 0.4) is 0 Å². The van der Waals surface area contributed by atoms with Crippen LogP contribution in [0.4, 0.5) is 5.82 Å². The number of carbonyl (C=O) groups excluding carboxylic acids is 2. The third-order valence-corrected chi connectivity index (χ3v) is 5.21. The Morgan fingerprint density at radius 3 is 2.60 bits per heavy atom. The molecular weight excluding hydrogens is 378 g/mol. The minimum absolute atomic E-state index is 0.0760. The van der Waals surface area contributed by atoms with Gasteiger partial charge in [-0.05, 0) is 48.8 Å². The average Bonchev–Trinajstić information content (AvgIpc) is 2.76. The molecule has 156 valence electrons. The van der Waals surface area contributed by atoms with E-state index in [1.165, 1.54) is 0 Å². The zero-order valence-corrected chi connectivity index (χ0v) is 17.0. The van der Waals surface area contributed by atoms with Crippen LogP contribution in [0.25, 0.3) is 10.8 Å². The van der Waals surface area contributed by atoms with Crippen molar-refractivity contribution >= 4 is 28.3 Å². The van der Waals surface area contributed by atoms with E-state index in [4.69, 9.17) is 5.73 Å². The van der Waals surface area contributed by atoms with Crippen LogP contribution in [0, 0.1) is 0 Å². The first-order chi connectivity index (χ1) is 14.4. The summed E-state index contributed by atoms with van der Waals surface area (Å²) in [5.41, 5.74) is 7.94. The number of anilines is 1. The molecule has 0 spiro atoms. The van der Waals surface area contributed by atoms with Gasteiger partial charge in [0.05, 0.1) is 6.04 Å². The zero-order valence-electron chi connectivity index (χ0n) is 17.0. The predicted octanol–water partition coefficient (Wildman–Crippen LogP) is 2.82. The summed E-state index contributed by atoms with van der Waals surface area (Å²) in [6.07, 6.45) is 2.29. The third-order valence-electron chi connectivity index (χ3n) is 5.21. The van der Waals surface area contributed by atoms with Gasteiger partial charge in [-0.2, -0.15) is 0 Å². The number of carbonyl (C=O) groups is 2. The Balaban J connectivity index is 1.47. The van der Waals surface area contributed by atoms with E-state index >= 15 is 0 Å². The molecular formula is C24H27N3O3. The molecule has 3 rings (SSSR count). The van der Waals surface area contributed by atoms with Crippen molar-refractivity contribution in [3.05, 3.63) is 71.9 Å². The fourth-order valence-corrected chi connectivity index (χ4v) is 3.36. The maximum atomic E-state index is 12.4. The first-order valence-corrected chi connectivity index (χ1v) is 10.1. The van der Waals surface area contributed by atoms with Gasteiger partial charge in [-0.1, -0.05) is 48.5 Å². The van der Waals surface area contributed by atoms with Crippen LogP contribution >= 0.6 is 0 Å². The molecule has 4 N–H and O–H groups in total. The Hall–Kier alpha value is -3.25. The van der Waals surface area contributed by atoms with Crippen molar-refractivity contribution in [3.63, 3.8) is 0 Å². The van der Waals surface area contributed by atoms with Crippen molar-refractivity contribution in [2.45, 2.75) is 44.8 Å². The number of Topliss-reactive ketones (excluding diaryl/α,β-unsaturated/α-hetero) is 1. The number of nitrogen functional groups attached to an aromatic ring is 1. The standard InChI is InChI=1S/C24H27N3O3/c1-16(27-24(30)22(29)12-8-17-5-3-2-4-6-17)21(28)11-9-18-7-10-20-19(15-18)13-14-26-23(20)25/h2-7,10,13-16,22,29H,8-9,11-12H2,1H3,(H2,25,26)(H,27,30)/t16-,22+/m0/s1. The molecule has 0 aliphatic rings. The van der Waals surface area contributed by atoms with Gasteiger partial charge in [0.15, 0.2) is 5.78 Å². The Labute approximate surface area is 176 Å². The minimum Gasteiger partial charge on any atom is -0.383 e. The molecule has 6 heteroatoms. The van der Waals surface area contributed by atoms with E-state index in [1.807, 2.05) is 54.6 Å². The number of aromatic nitrogens is 1. The number of aliphatic hydroxyl groups excluding tert-OH is 1. The quantitative estimate of drug-likeness (QED) is 0.508. The second kappa shape index (κ2) is 9.98. The average molecular weight is 405 g/mol. The molecule has 6 nitrogen and oxygen atoms in total. The molecule has 1 heterocycles. The highest BCUT2D eigenvalue weighted by molar-refractivity contribution is 5.92. The number of aliphatic hydroxyl groups is 1. The number of fused-ring (bicyclic) bond motifs is 1. The van der Waals surface area contributed by atoms with Gasteiger partial charge in [-0.15, -0.1) is 0 Å². The van der Waals surface area contributed by atoms with Gasteiger partial charge in [-0.3, -0.25) is 9.59 Å². The van der Waals surface area contributed by atoms with Gasteiger partial charge in [0, 0.05) is 18.0 Å². The molecule has 1 amide bonds. The van der Waals surface area contributed by atoms with Crippen molar-refractivity contribution in [1.82, 2.24) is 10.3 Å². The van der Waals surface area contributed by atoms with Crippen molar-refractivity contribution in [1.29, 1.82) is 0 Å². The van der Waals surface area contributed by atoms with Gasteiger partial charge in [0.1, 0.15) is 11.9 Å². The number of amides is 1. The monoisotopic (exact) mass is 405 g/mol. The summed E-state index contributed by atoms with van der Waals surface area (Å²) in [7, 11) is 0. The molecule has 1 aromatic heterocycles. The minimum atomic E-state index is -1.14. The lowest BCUT2D eigenvalue weighted by Gasteiger charge is -2.16. The molecule has 0 aliphatic heterocycles. The first-order valence-electron chi connectivity index (χ1n) is 10.1. The first kappa shape index (κ1) is 21.5. The SMILES string of the molecule is C[C@H](NC(=O)[C@H](O)CCc1ccccc1)C(=O)CCc1ccc2c(N)nccc2c1. The molecule has 2 atom stereocenters. The van der Waals surface area contributed by atoms with Crippen LogP contribution in [0.1, 0.15) is 30.9 Å². The molecule has 0 fully saturated rings. The summed E-state index contributed by atoms with van der Waals surface area (Å²) in [5.74, 6) is -0.106. The van der Waals surface area contributed by atoms with E-state index < -0.39 is 18.1 Å². The predicted molar refractivity (Wildman–Crippen MR) is 118 cm³/mol. The summed E-state index contributed by atoms with van der Waals surface area (Å²) in [5, 5.41) is 14.6. The Bertz CT molecular complexity index is 1020. The lowest BCUT2D eigenvalue weighted by Crippen LogP contribution is -2.44. The normalized spacial score (nSPS) is 13.0. The second-order valence-electron chi connectivity index (χ2n) is 7.49. The van der Waals surface area contributed by atoms with Crippen molar-refractivity contribution in [3.8, 4) is 0 Å². The lowest BCUT2D eigenvalue weighted by molar-refractivity contribution is -0.133. The number of hydrogen-bond acceptors (Lipinski definition) is 5. The number of hydrogen-bond donors (Lipinski definition) is 3. The summed E-state index contributed by atoms with van der Waals surface area (Å²) < 4.78 is 0. The number of pyridine rings is 1. The van der Waals surface area contributed by atoms with E-state index in [0.717, 1.165) is 21.9 Å². The fraction of sp³-hybridized carbons (Fsp3) is 0.292. The van der Waals surface area contributed by atoms with Crippen LogP contribution in [0.2, 0.25) is 0 Å². The molecule has 30 heavy (non-hydrogen) atoms. The van der Waals surface area contributed by atoms with Crippen LogP contribution in [-0.4, -0.2) is 33.9 Å². The highest BCUT2D eigenvalue weighted by Crippen LogP contribution is 2.20. The van der Waals surface area contributed by atoms with E-state index in [-0.39, 0.29) is 5.78 Å². The number of rotatable bonds is 9. The van der Waals surface area contributed by atoms with Crippen molar-refractivity contribution in [2.75, 3.05) is 5.73 Å². The molecule has 0 bridgehead atoms. The number of nitrogens with two attached hydrogens (primary N) is 1. The van der Waals surface area contributed by atoms with Gasteiger partial charge in [-0.25, -0.2) is 4.98 Å². The van der Waals surface area contributed by atoms with Gasteiger partial charge in [0.2, 0.25) is 5.91 Å². The third kappa shape index (κ3) is 5.64. The van der Waals surface area contributed by atoms with Crippen LogP contribution in [0.15, 0.2) is 60.8 Å². The van der Waals surface area contributed by atoms with Gasteiger partial charge < -0.3 is 16.2 Å². The zero-order chi connectivity index (χ0) is 21.5. The van der Waals surface area contributed by atoms with Gasteiger partial charge >= 0.3 is 0 Å². The van der Waals surface area contributed by atoms with Crippen LogP contribution < -0.4 is 11.1 Å². The number of benzene rings is 2. The smallest absolute Gasteiger partial charge is 0.249 e. The molecule has 0 unspecified atom stereocenters. The van der Waals surface area contributed by atoms with E-state index in [0.29, 0.717) is 31.5 Å². The Kier molecular flexibility index (Phi) is 7.14. The second-order valence-corrected chi connectivity index (χ2v) is 7.49. The van der Waals surface area contributed by atoms with Gasteiger partial charge in [0.25, 0.3) is 0 Å². The Morgan fingerprint density at radius 1 is 1.07 bits per heavy atom. The van der Waals surface area contributed by atoms with E-state index in [1.54, 1.807) is 13.1 Å². The fourth-order valence-electron chi connectivity index (χ4n) is 3.36. The van der Waals surface area contributed by atoms with E-state index in [9.17, 15) is 14.7 Å². The molecule has 0 aliphatic carbocycles. The largest absolute Gasteiger partial charge is 0.383 e. The molecule has 0 saturated heterocycles. The Morgan fingerprint density at radius 2 is 1.83 bits per heavy atom. The molecule has 2 aromatic carbocycles. The summed E-state index contributed by atoms with van der Waals surface area (Å²) in [6.45, 7) is 1.65. The highest BCUT2D eigenvalue weighted by Gasteiger charge is 2.20. The summed E-state index contributed by atoms with van der Waals surface area (Å²) in [4.78, 5) is 28.7. The summed E-state index contributed by atoms with van der Waals surface area (Å²) in [6, 6.07) is 16.7. The van der Waals surface area contributed by atoms with E-state index in [2.05, 4.69) is 10.3 Å². The van der Waals surface area contributed by atoms with Crippen molar-refractivity contribution in [2.24, 2.45) is 0 Å². The maximum absolute atomic E-state index is 12.4. The van der Waals surface area contributed by atoms with Crippen LogP contribution in [-0.2, 0) is 22.4 Å². The van der Waals surface area contributed by atoms with Crippen LogP contribution in [0.5, 0.6) is 0 Å². The summed E-state index contributed by atoms with van der Waals surface area (Å²) >= 11 is 0. The topological polar surface area (TPSA) is 105 Å². The molecule has 0 saturated carbocycles. The van der Waals surface area contributed by atoms with Crippen molar-refractivity contribution < 1.29 is 14.7 Å². The maximum Gasteiger partial charge on any atom is 0.249 e. The molecule has 3 aromatic rings. The number of ketones is 1. The number of aryl methyl sites for hydroxylation is 2. The number of nitrogens with zero attached hydrogens (tertiary/aromatic N) is 1.